The van der Waals surface area contributed by atoms with Gasteiger partial charge in [-0.25, -0.2) is 0 Å². The van der Waals surface area contributed by atoms with E-state index in [0.717, 1.165) is 12.6 Å². The van der Waals surface area contributed by atoms with Gasteiger partial charge in [0.1, 0.15) is 0 Å². The number of benzene rings is 4. The van der Waals surface area contributed by atoms with Crippen LogP contribution in [0.3, 0.4) is 0 Å². The van der Waals surface area contributed by atoms with Gasteiger partial charge < -0.3 is 0 Å². The molecule has 0 spiro atoms. The molecule has 0 radical (unpaired) electrons. The first-order valence-electron chi connectivity index (χ1n) is 10.4. The zero-order chi connectivity index (χ0) is 22.2. The number of hydrogen-bond acceptors (Lipinski definition) is 0. The molecule has 32 heavy (non-hydrogen) atoms. The quantitative estimate of drug-likeness (QED) is 0.148. The summed E-state index contributed by atoms with van der Waals surface area (Å²) < 4.78 is 0.293. The Morgan fingerprint density at radius 2 is 0.875 bits per heavy atom. The molecule has 4 aromatic carbocycles. The van der Waals surface area contributed by atoms with Crippen LogP contribution >= 0.6 is 34.9 Å². The summed E-state index contributed by atoms with van der Waals surface area (Å²) in [5.74, 6) is 0. The van der Waals surface area contributed by atoms with Crippen molar-refractivity contribution >= 4 is 56.1 Å². The molecule has 0 bridgehead atoms. The van der Waals surface area contributed by atoms with Crippen LogP contribution in [0.1, 0.15) is 6.42 Å². The molecule has 4 aromatic rings. The van der Waals surface area contributed by atoms with Crippen molar-refractivity contribution < 1.29 is 14.7 Å². The Morgan fingerprint density at radius 1 is 0.531 bits per heavy atom. The van der Waals surface area contributed by atoms with Crippen molar-refractivity contribution in [3.05, 3.63) is 121 Å². The average molecular weight is 589 g/mol. The summed E-state index contributed by atoms with van der Waals surface area (Å²) in [4.78, 5) is 0. The molecule has 0 aliphatic carbocycles. The summed E-state index contributed by atoms with van der Waals surface area (Å²) in [5, 5.41) is 5.54. The Kier molecular flexibility index (Phi) is 9.38. The molecule has 1 atom stereocenters. The second kappa shape index (κ2) is 12.4. The summed E-state index contributed by atoms with van der Waals surface area (Å²) in [6, 6.07) is 43.4. The minimum absolute atomic E-state index is 0.293. The Bertz CT molecular complexity index is 985. The summed E-state index contributed by atoms with van der Waals surface area (Å²) >= 11 is -1.70. The van der Waals surface area contributed by atoms with Crippen molar-refractivity contribution in [2.45, 2.75) is 10.6 Å². The summed E-state index contributed by atoms with van der Waals surface area (Å²) in [6.45, 7) is 0. The molecule has 0 aromatic heterocycles. The van der Waals surface area contributed by atoms with E-state index in [1.165, 1.54) is 21.2 Å². The van der Waals surface area contributed by atoms with Gasteiger partial charge in [-0.05, 0) is 0 Å². The van der Waals surface area contributed by atoms with Crippen LogP contribution in [-0.2, 0) is 14.7 Å². The molecule has 167 valence electrons. The van der Waals surface area contributed by atoms with Crippen LogP contribution in [0.5, 0.6) is 0 Å². The standard InChI is InChI=1S/C27H25P2.2ClH.Pd/c1-5-14-24(15-6-1)28(25-16-7-2-8-17-25)22-13-23-29(26-18-9-3-10-19-26)27-20-11-4-12-21-27;;;/h1-12,14-22H,13,23H2;2*1H;/q;;;+2/p-2. The molecule has 0 fully saturated rings. The fourth-order valence-electron chi connectivity index (χ4n) is 3.74. The number of halogens is 2. The van der Waals surface area contributed by atoms with Crippen LogP contribution in [0.2, 0.25) is 0 Å². The molecule has 0 N–H and O–H groups in total. The van der Waals surface area contributed by atoms with Gasteiger partial charge in [-0.3, -0.25) is 0 Å². The second-order valence-corrected chi connectivity index (χ2v) is 18.4. The van der Waals surface area contributed by atoms with Gasteiger partial charge in [0.05, 0.1) is 0 Å². The second-order valence-electron chi connectivity index (χ2n) is 7.23. The van der Waals surface area contributed by atoms with Crippen molar-refractivity contribution in [3.63, 3.8) is 0 Å². The van der Waals surface area contributed by atoms with Gasteiger partial charge in [-0.2, -0.15) is 0 Å². The van der Waals surface area contributed by atoms with Gasteiger partial charge in [-0.1, -0.05) is 0 Å². The maximum absolute atomic E-state index is 6.82. The molecule has 0 aliphatic rings. The third-order valence-electron chi connectivity index (χ3n) is 5.20. The zero-order valence-corrected chi connectivity index (χ0v) is 22.4. The summed E-state index contributed by atoms with van der Waals surface area (Å²) in [5.41, 5.74) is 0. The van der Waals surface area contributed by atoms with Crippen molar-refractivity contribution in [2.24, 2.45) is 0 Å². The first-order chi connectivity index (χ1) is 15.7. The first kappa shape index (κ1) is 24.1. The Hall–Kier alpha value is -1.02. The molecule has 1 unspecified atom stereocenters. The molecule has 0 saturated heterocycles. The molecule has 5 heteroatoms. The van der Waals surface area contributed by atoms with Crippen LogP contribution in [0.15, 0.2) is 121 Å². The van der Waals surface area contributed by atoms with E-state index in [4.69, 9.17) is 19.1 Å². The van der Waals surface area contributed by atoms with Crippen LogP contribution < -0.4 is 21.2 Å². The van der Waals surface area contributed by atoms with Gasteiger partial charge >= 0.3 is 209 Å². The number of rotatable bonds is 9. The first-order valence-corrected chi connectivity index (χ1v) is 18.3. The van der Waals surface area contributed by atoms with Crippen LogP contribution in [0.4, 0.5) is 0 Å². The molecular weight excluding hydrogens is 564 g/mol. The minimum atomic E-state index is -1.70. The van der Waals surface area contributed by atoms with Crippen LogP contribution in [-0.4, -0.2) is 10.3 Å². The normalized spacial score (nSPS) is 12.7. The van der Waals surface area contributed by atoms with Gasteiger partial charge in [-0.15, -0.1) is 0 Å². The van der Waals surface area contributed by atoms with Crippen LogP contribution in [0.25, 0.3) is 0 Å². The monoisotopic (exact) mass is 587 g/mol. The predicted molar refractivity (Wildman–Crippen MR) is 143 cm³/mol. The third kappa shape index (κ3) is 6.31. The van der Waals surface area contributed by atoms with E-state index in [1.807, 2.05) is 0 Å². The maximum atomic E-state index is 6.82. The van der Waals surface area contributed by atoms with E-state index >= 15 is 0 Å². The predicted octanol–water partition coefficient (Wildman–Crippen LogP) is 6.89. The van der Waals surface area contributed by atoms with Crippen molar-refractivity contribution in [3.8, 4) is 0 Å². The molecule has 0 aliphatic heterocycles. The molecule has 0 heterocycles. The van der Waals surface area contributed by atoms with E-state index < -0.39 is 30.6 Å². The van der Waals surface area contributed by atoms with E-state index in [9.17, 15) is 0 Å². The number of hydrogen-bond donors (Lipinski definition) is 0. The third-order valence-corrected chi connectivity index (χ3v) is 16.8. The van der Waals surface area contributed by atoms with E-state index in [1.54, 1.807) is 0 Å². The van der Waals surface area contributed by atoms with Crippen LogP contribution in [0, 0.1) is 0 Å². The Labute approximate surface area is 207 Å². The molecule has 0 nitrogen and oxygen atoms in total. The zero-order valence-electron chi connectivity index (χ0n) is 17.5. The van der Waals surface area contributed by atoms with E-state index in [-0.39, 0.29) is 0 Å². The van der Waals surface area contributed by atoms with E-state index in [0.29, 0.717) is 4.13 Å². The molecular formula is C27H25Cl2P2Pd. The topological polar surface area (TPSA) is 0 Å². The van der Waals surface area contributed by atoms with Gasteiger partial charge in [0.2, 0.25) is 0 Å². The summed E-state index contributed by atoms with van der Waals surface area (Å²) in [7, 11) is 12.6. The fourth-order valence-corrected chi connectivity index (χ4v) is 14.9. The summed E-state index contributed by atoms with van der Waals surface area (Å²) in [6.07, 6.45) is 2.11. The van der Waals surface area contributed by atoms with E-state index in [2.05, 4.69) is 121 Å². The van der Waals surface area contributed by atoms with Crippen molar-refractivity contribution in [1.82, 2.24) is 0 Å². The molecule has 0 amide bonds. The average Bonchev–Trinajstić information content (AvgIpc) is 2.86. The van der Waals surface area contributed by atoms with Crippen molar-refractivity contribution in [2.75, 3.05) is 6.16 Å². The Balaban J connectivity index is 1.66. The molecule has 4 rings (SSSR count). The van der Waals surface area contributed by atoms with Gasteiger partial charge in [0.15, 0.2) is 0 Å². The van der Waals surface area contributed by atoms with Gasteiger partial charge in [0.25, 0.3) is 0 Å². The molecule has 0 saturated carbocycles. The SMILES string of the molecule is [Cl][Pd]([Cl])[CH](CCP(c1ccccc1)c1ccccc1)P(c1ccccc1)c1ccccc1. The van der Waals surface area contributed by atoms with Gasteiger partial charge in [0, 0.05) is 0 Å². The fraction of sp³-hybridized carbons (Fsp3) is 0.111. The Morgan fingerprint density at radius 3 is 1.22 bits per heavy atom. The van der Waals surface area contributed by atoms with Crippen molar-refractivity contribution in [1.29, 1.82) is 0 Å².